The fourth-order valence-corrected chi connectivity index (χ4v) is 3.97. The molecule has 0 aliphatic heterocycles. The lowest BCUT2D eigenvalue weighted by Crippen LogP contribution is -2.54. The zero-order valence-corrected chi connectivity index (χ0v) is 11.3. The predicted molar refractivity (Wildman–Crippen MR) is 66.6 cm³/mol. The molecule has 4 heteroatoms. The first-order valence-corrected chi connectivity index (χ1v) is 8.89. The second-order valence-corrected chi connectivity index (χ2v) is 9.59. The molecule has 0 aliphatic carbocycles. The highest BCUT2D eigenvalue weighted by molar-refractivity contribution is 6.73. The summed E-state index contributed by atoms with van der Waals surface area (Å²) in [4.78, 5) is 11.2. The predicted octanol–water partition coefficient (Wildman–Crippen LogP) is 2.56. The highest BCUT2D eigenvalue weighted by Crippen LogP contribution is 2.17. The highest BCUT2D eigenvalue weighted by Gasteiger charge is 2.32. The van der Waals surface area contributed by atoms with Crippen LogP contribution in [0.4, 0.5) is 0 Å². The van der Waals surface area contributed by atoms with Crippen molar-refractivity contribution in [1.82, 2.24) is 4.57 Å². The zero-order valence-electron chi connectivity index (χ0n) is 10.3. The summed E-state index contributed by atoms with van der Waals surface area (Å²) in [6.45, 7) is 13.0. The van der Waals surface area contributed by atoms with Gasteiger partial charge in [0.15, 0.2) is 0 Å². The monoisotopic (exact) mass is 229 g/mol. The molecule has 0 rings (SSSR count). The fraction of sp³-hybridized carbons (Fsp3) is 0.727. The van der Waals surface area contributed by atoms with Crippen molar-refractivity contribution in [2.24, 2.45) is 0 Å². The third-order valence-electron chi connectivity index (χ3n) is 2.51. The van der Waals surface area contributed by atoms with E-state index >= 15 is 0 Å². The molecule has 0 aromatic heterocycles. The molecular formula is C11H23NO2Si. The summed E-state index contributed by atoms with van der Waals surface area (Å²) in [5, 5.41) is 9.21. The number of hydrogen-bond acceptors (Lipinski definition) is 2. The minimum atomic E-state index is -1.54. The van der Waals surface area contributed by atoms with Crippen LogP contribution in [0.25, 0.3) is 0 Å². The smallest absolute Gasteiger partial charge is 0.320 e. The summed E-state index contributed by atoms with van der Waals surface area (Å²) in [6.07, 6.45) is 3.21. The molecule has 1 unspecified atom stereocenters. The van der Waals surface area contributed by atoms with E-state index in [2.05, 4.69) is 30.8 Å². The molecule has 0 amide bonds. The van der Waals surface area contributed by atoms with Crippen LogP contribution in [-0.2, 0) is 4.79 Å². The van der Waals surface area contributed by atoms with Gasteiger partial charge in [0, 0.05) is 0 Å². The van der Waals surface area contributed by atoms with Gasteiger partial charge in [-0.2, -0.15) is 0 Å². The quantitative estimate of drug-likeness (QED) is 0.539. The van der Waals surface area contributed by atoms with E-state index in [1.165, 1.54) is 0 Å². The number of carbonyl (C=O) groups is 1. The van der Waals surface area contributed by atoms with Crippen molar-refractivity contribution in [3.63, 3.8) is 0 Å². The van der Waals surface area contributed by atoms with E-state index in [1.54, 1.807) is 6.08 Å². The van der Waals surface area contributed by atoms with Gasteiger partial charge in [-0.15, -0.1) is 6.58 Å². The summed E-state index contributed by atoms with van der Waals surface area (Å²) >= 11 is 0. The second-order valence-electron chi connectivity index (χ2n) is 4.68. The van der Waals surface area contributed by atoms with E-state index in [0.29, 0.717) is 6.42 Å². The maximum absolute atomic E-state index is 11.2. The molecule has 0 radical (unpaired) electrons. The van der Waals surface area contributed by atoms with Crippen LogP contribution >= 0.6 is 0 Å². The lowest BCUT2D eigenvalue weighted by molar-refractivity contribution is -0.141. The Kier molecular flexibility index (Phi) is 5.83. The van der Waals surface area contributed by atoms with Crippen molar-refractivity contribution in [2.75, 3.05) is 6.54 Å². The van der Waals surface area contributed by atoms with E-state index in [9.17, 15) is 9.90 Å². The topological polar surface area (TPSA) is 40.5 Å². The van der Waals surface area contributed by atoms with E-state index < -0.39 is 14.2 Å². The molecule has 88 valence electrons. The summed E-state index contributed by atoms with van der Waals surface area (Å²) in [7, 11) is -1.54. The molecule has 0 aliphatic rings. The van der Waals surface area contributed by atoms with Gasteiger partial charge in [-0.05, 0) is 19.4 Å². The summed E-state index contributed by atoms with van der Waals surface area (Å²) in [6, 6.07) is -0.348. The van der Waals surface area contributed by atoms with Gasteiger partial charge in [0.2, 0.25) is 0 Å². The molecule has 0 fully saturated rings. The minimum Gasteiger partial charge on any atom is -0.480 e. The Hall–Kier alpha value is -0.613. The van der Waals surface area contributed by atoms with Crippen LogP contribution in [0, 0.1) is 0 Å². The number of allylic oxidation sites excluding steroid dienone is 1. The Labute approximate surface area is 93.9 Å². The van der Waals surface area contributed by atoms with Crippen LogP contribution in [0.1, 0.15) is 19.8 Å². The second kappa shape index (κ2) is 6.08. The first-order valence-electron chi connectivity index (χ1n) is 5.45. The van der Waals surface area contributed by atoms with E-state index in [1.807, 2.05) is 6.92 Å². The van der Waals surface area contributed by atoms with Crippen LogP contribution in [-0.4, -0.2) is 36.5 Å². The summed E-state index contributed by atoms with van der Waals surface area (Å²) < 4.78 is 2.15. The van der Waals surface area contributed by atoms with E-state index in [-0.39, 0.29) is 6.04 Å². The standard InChI is InChI=1S/C11H23NO2Si/c1-6-8-9-10(11(13)14)12(7-2)15(3,4)5/h6,10H,1,7-9H2,2-5H3,(H,13,14). The number of aliphatic carboxylic acids is 1. The highest BCUT2D eigenvalue weighted by atomic mass is 28.3. The van der Waals surface area contributed by atoms with Gasteiger partial charge in [-0.1, -0.05) is 32.6 Å². The van der Waals surface area contributed by atoms with Gasteiger partial charge in [0.05, 0.1) is 0 Å². The van der Waals surface area contributed by atoms with Crippen molar-refractivity contribution in [2.45, 2.75) is 45.4 Å². The molecule has 3 nitrogen and oxygen atoms in total. The van der Waals surface area contributed by atoms with Crippen molar-refractivity contribution in [1.29, 1.82) is 0 Å². The van der Waals surface area contributed by atoms with Crippen LogP contribution < -0.4 is 0 Å². The molecule has 0 heterocycles. The Morgan fingerprint density at radius 1 is 1.53 bits per heavy atom. The summed E-state index contributed by atoms with van der Waals surface area (Å²) in [5.41, 5.74) is 0. The lowest BCUT2D eigenvalue weighted by atomic mass is 10.1. The third-order valence-corrected chi connectivity index (χ3v) is 4.86. The molecule has 0 bridgehead atoms. The third kappa shape index (κ3) is 4.62. The number of carboxylic acid groups (broad SMARTS) is 1. The minimum absolute atomic E-state index is 0.348. The Morgan fingerprint density at radius 3 is 2.33 bits per heavy atom. The van der Waals surface area contributed by atoms with Crippen molar-refractivity contribution >= 4 is 14.2 Å². The Morgan fingerprint density at radius 2 is 2.07 bits per heavy atom. The van der Waals surface area contributed by atoms with Crippen molar-refractivity contribution < 1.29 is 9.90 Å². The van der Waals surface area contributed by atoms with Gasteiger partial charge in [0.1, 0.15) is 14.3 Å². The summed E-state index contributed by atoms with van der Waals surface area (Å²) in [5.74, 6) is -0.707. The van der Waals surface area contributed by atoms with Crippen LogP contribution in [0.15, 0.2) is 12.7 Å². The normalized spacial score (nSPS) is 13.9. The average Bonchev–Trinajstić information content (AvgIpc) is 2.09. The molecule has 0 spiro atoms. The van der Waals surface area contributed by atoms with Gasteiger partial charge in [0.25, 0.3) is 0 Å². The largest absolute Gasteiger partial charge is 0.480 e. The first-order chi connectivity index (χ1) is 6.84. The first kappa shape index (κ1) is 14.4. The van der Waals surface area contributed by atoms with Crippen LogP contribution in [0.3, 0.4) is 0 Å². The fourth-order valence-electron chi connectivity index (χ4n) is 1.85. The molecule has 1 N–H and O–H groups in total. The molecule has 0 aromatic carbocycles. The van der Waals surface area contributed by atoms with E-state index in [0.717, 1.165) is 13.0 Å². The molecular weight excluding hydrogens is 206 g/mol. The van der Waals surface area contributed by atoms with Gasteiger partial charge in [-0.3, -0.25) is 4.79 Å². The Balaban J connectivity index is 4.70. The number of hydrogen-bond donors (Lipinski definition) is 1. The van der Waals surface area contributed by atoms with Gasteiger partial charge < -0.3 is 9.67 Å². The molecule has 1 atom stereocenters. The molecule has 0 saturated heterocycles. The number of nitrogens with zero attached hydrogens (tertiary/aromatic N) is 1. The molecule has 0 saturated carbocycles. The van der Waals surface area contributed by atoms with Gasteiger partial charge in [-0.25, -0.2) is 0 Å². The maximum Gasteiger partial charge on any atom is 0.320 e. The van der Waals surface area contributed by atoms with Crippen LogP contribution in [0.2, 0.25) is 19.6 Å². The average molecular weight is 229 g/mol. The lowest BCUT2D eigenvalue weighted by Gasteiger charge is -2.37. The van der Waals surface area contributed by atoms with E-state index in [4.69, 9.17) is 0 Å². The van der Waals surface area contributed by atoms with Crippen molar-refractivity contribution in [3.05, 3.63) is 12.7 Å². The number of carboxylic acids is 1. The maximum atomic E-state index is 11.2. The zero-order chi connectivity index (χ0) is 12.1. The number of likely N-dealkylation sites (N-methyl/N-ethyl adjacent to an activating group) is 1. The molecule has 15 heavy (non-hydrogen) atoms. The van der Waals surface area contributed by atoms with Gasteiger partial charge >= 0.3 is 5.97 Å². The Bertz CT molecular complexity index is 223. The van der Waals surface area contributed by atoms with Crippen molar-refractivity contribution in [3.8, 4) is 0 Å². The number of rotatable bonds is 7. The van der Waals surface area contributed by atoms with Crippen LogP contribution in [0.5, 0.6) is 0 Å². The molecule has 0 aromatic rings. The SMILES string of the molecule is C=CCCC(C(=O)O)N(CC)[Si](C)(C)C.